The quantitative estimate of drug-likeness (QED) is 0.840. The van der Waals surface area contributed by atoms with E-state index in [1.807, 2.05) is 45.5 Å². The molecule has 0 aliphatic carbocycles. The number of carbonyl (C=O) groups is 2. The summed E-state index contributed by atoms with van der Waals surface area (Å²) in [5, 5.41) is 2.38. The Hall–Kier alpha value is -2.25. The lowest BCUT2D eigenvalue weighted by Gasteiger charge is -2.37. The highest BCUT2D eigenvalue weighted by atomic mass is 32.1. The molecule has 1 atom stereocenters. The standard InChI is InChI=1S/C18H20N4O2S/c23-16-12-15(13-22(16)14-4-2-1-3-5-14)20-7-9-21(10-8-20)18(24)17-19-6-11-25-17/h1-6,11,15H,7-10,12-13H2/t15-/m1/s1. The lowest BCUT2D eigenvalue weighted by atomic mass is 10.2. The Morgan fingerprint density at radius 3 is 2.56 bits per heavy atom. The lowest BCUT2D eigenvalue weighted by Crippen LogP contribution is -2.52. The minimum absolute atomic E-state index is 0.0167. The van der Waals surface area contributed by atoms with Crippen LogP contribution in [0.4, 0.5) is 5.69 Å². The lowest BCUT2D eigenvalue weighted by molar-refractivity contribution is -0.117. The second-order valence-electron chi connectivity index (χ2n) is 6.36. The van der Waals surface area contributed by atoms with Crippen molar-refractivity contribution in [2.45, 2.75) is 12.5 Å². The number of thiazole rings is 1. The molecule has 0 saturated carbocycles. The summed E-state index contributed by atoms with van der Waals surface area (Å²) in [6.07, 6.45) is 2.21. The highest BCUT2D eigenvalue weighted by Crippen LogP contribution is 2.25. The van der Waals surface area contributed by atoms with E-state index >= 15 is 0 Å². The molecule has 2 saturated heterocycles. The highest BCUT2D eigenvalue weighted by molar-refractivity contribution is 7.11. The predicted octanol–water partition coefficient (Wildman–Crippen LogP) is 1.71. The third-order valence-electron chi connectivity index (χ3n) is 4.91. The van der Waals surface area contributed by atoms with Crippen molar-refractivity contribution >= 4 is 28.8 Å². The number of para-hydroxylation sites is 1. The smallest absolute Gasteiger partial charge is 0.282 e. The fraction of sp³-hybridized carbons (Fsp3) is 0.389. The van der Waals surface area contributed by atoms with Crippen LogP contribution in [0.3, 0.4) is 0 Å². The second kappa shape index (κ2) is 6.93. The van der Waals surface area contributed by atoms with Crippen molar-refractivity contribution in [2.24, 2.45) is 0 Å². The van der Waals surface area contributed by atoms with E-state index in [0.717, 1.165) is 25.3 Å². The Morgan fingerprint density at radius 1 is 1.12 bits per heavy atom. The van der Waals surface area contributed by atoms with E-state index in [0.29, 0.717) is 24.5 Å². The normalized spacial score (nSPS) is 21.8. The number of hydrogen-bond acceptors (Lipinski definition) is 5. The van der Waals surface area contributed by atoms with Gasteiger partial charge in [0, 0.05) is 62.5 Å². The van der Waals surface area contributed by atoms with Crippen LogP contribution in [0.15, 0.2) is 41.9 Å². The Labute approximate surface area is 150 Å². The first-order chi connectivity index (χ1) is 12.2. The molecular formula is C18H20N4O2S. The van der Waals surface area contributed by atoms with E-state index in [-0.39, 0.29) is 17.9 Å². The van der Waals surface area contributed by atoms with Crippen LogP contribution in [0.5, 0.6) is 0 Å². The van der Waals surface area contributed by atoms with Gasteiger partial charge in [-0.25, -0.2) is 4.98 Å². The molecule has 0 radical (unpaired) electrons. The average Bonchev–Trinajstić information content (AvgIpc) is 3.32. The van der Waals surface area contributed by atoms with Crippen LogP contribution in [0.2, 0.25) is 0 Å². The molecule has 2 aliphatic heterocycles. The van der Waals surface area contributed by atoms with Gasteiger partial charge in [0.1, 0.15) is 0 Å². The molecule has 0 spiro atoms. The second-order valence-corrected chi connectivity index (χ2v) is 7.26. The van der Waals surface area contributed by atoms with Gasteiger partial charge in [-0.3, -0.25) is 14.5 Å². The van der Waals surface area contributed by atoms with E-state index in [1.54, 1.807) is 6.20 Å². The number of carbonyl (C=O) groups excluding carboxylic acids is 2. The van der Waals surface area contributed by atoms with Gasteiger partial charge in [0.2, 0.25) is 5.91 Å². The van der Waals surface area contributed by atoms with Crippen molar-refractivity contribution in [1.29, 1.82) is 0 Å². The molecule has 6 nitrogen and oxygen atoms in total. The molecule has 3 heterocycles. The van der Waals surface area contributed by atoms with Crippen LogP contribution in [-0.4, -0.2) is 65.4 Å². The minimum atomic E-state index is 0.0167. The van der Waals surface area contributed by atoms with E-state index < -0.39 is 0 Å². The maximum atomic E-state index is 12.4. The summed E-state index contributed by atoms with van der Waals surface area (Å²) < 4.78 is 0. The zero-order valence-corrected chi connectivity index (χ0v) is 14.7. The van der Waals surface area contributed by atoms with Gasteiger partial charge in [-0.2, -0.15) is 0 Å². The van der Waals surface area contributed by atoms with E-state index in [1.165, 1.54) is 11.3 Å². The zero-order valence-electron chi connectivity index (χ0n) is 13.9. The molecule has 0 unspecified atom stereocenters. The molecule has 2 aliphatic rings. The van der Waals surface area contributed by atoms with Gasteiger partial charge in [-0.05, 0) is 12.1 Å². The summed E-state index contributed by atoms with van der Waals surface area (Å²) in [5.74, 6) is 0.195. The monoisotopic (exact) mass is 356 g/mol. The summed E-state index contributed by atoms with van der Waals surface area (Å²) >= 11 is 1.38. The van der Waals surface area contributed by atoms with Crippen molar-refractivity contribution in [3.05, 3.63) is 46.9 Å². The topological polar surface area (TPSA) is 56.8 Å². The number of benzene rings is 1. The predicted molar refractivity (Wildman–Crippen MR) is 96.8 cm³/mol. The summed E-state index contributed by atoms with van der Waals surface area (Å²) in [6, 6.07) is 10.1. The van der Waals surface area contributed by atoms with Crippen LogP contribution >= 0.6 is 11.3 Å². The van der Waals surface area contributed by atoms with Crippen LogP contribution in [0, 0.1) is 0 Å². The van der Waals surface area contributed by atoms with Gasteiger partial charge in [0.15, 0.2) is 5.01 Å². The van der Waals surface area contributed by atoms with Crippen LogP contribution in [0.25, 0.3) is 0 Å². The van der Waals surface area contributed by atoms with E-state index in [2.05, 4.69) is 9.88 Å². The fourth-order valence-electron chi connectivity index (χ4n) is 3.55. The molecule has 0 N–H and O–H groups in total. The maximum Gasteiger partial charge on any atom is 0.282 e. The number of nitrogens with zero attached hydrogens (tertiary/aromatic N) is 4. The molecule has 7 heteroatoms. The number of piperazine rings is 1. The van der Waals surface area contributed by atoms with E-state index in [4.69, 9.17) is 0 Å². The van der Waals surface area contributed by atoms with Crippen molar-refractivity contribution < 1.29 is 9.59 Å². The zero-order chi connectivity index (χ0) is 17.2. The maximum absolute atomic E-state index is 12.4. The van der Waals surface area contributed by atoms with Gasteiger partial charge in [-0.1, -0.05) is 18.2 Å². The van der Waals surface area contributed by atoms with E-state index in [9.17, 15) is 9.59 Å². The molecule has 2 amide bonds. The average molecular weight is 356 g/mol. The summed E-state index contributed by atoms with van der Waals surface area (Å²) in [5.41, 5.74) is 0.965. The Bertz CT molecular complexity index is 742. The molecular weight excluding hydrogens is 336 g/mol. The fourth-order valence-corrected chi connectivity index (χ4v) is 4.15. The van der Waals surface area contributed by atoms with Crippen LogP contribution < -0.4 is 4.90 Å². The van der Waals surface area contributed by atoms with Gasteiger partial charge in [-0.15, -0.1) is 11.3 Å². The largest absolute Gasteiger partial charge is 0.334 e. The SMILES string of the molecule is O=C(c1nccs1)N1CCN([C@@H]2CC(=O)N(c3ccccc3)C2)CC1. The number of rotatable bonds is 3. The van der Waals surface area contributed by atoms with Crippen molar-refractivity contribution in [3.8, 4) is 0 Å². The number of hydrogen-bond donors (Lipinski definition) is 0. The molecule has 25 heavy (non-hydrogen) atoms. The molecule has 1 aromatic heterocycles. The molecule has 2 fully saturated rings. The van der Waals surface area contributed by atoms with Crippen LogP contribution in [0.1, 0.15) is 16.2 Å². The first-order valence-electron chi connectivity index (χ1n) is 8.50. The number of amides is 2. The van der Waals surface area contributed by atoms with Gasteiger partial charge in [0.05, 0.1) is 0 Å². The Balaban J connectivity index is 1.35. The van der Waals surface area contributed by atoms with Crippen molar-refractivity contribution in [2.75, 3.05) is 37.6 Å². The summed E-state index contributed by atoms with van der Waals surface area (Å²) in [4.78, 5) is 34.9. The molecule has 2 aromatic rings. The van der Waals surface area contributed by atoms with Crippen molar-refractivity contribution in [3.63, 3.8) is 0 Å². The third-order valence-corrected chi connectivity index (χ3v) is 5.67. The minimum Gasteiger partial charge on any atom is -0.334 e. The third kappa shape index (κ3) is 3.29. The van der Waals surface area contributed by atoms with Gasteiger partial charge >= 0.3 is 0 Å². The Morgan fingerprint density at radius 2 is 1.88 bits per heavy atom. The molecule has 130 valence electrons. The number of aromatic nitrogens is 1. The summed E-state index contributed by atoms with van der Waals surface area (Å²) in [7, 11) is 0. The first-order valence-corrected chi connectivity index (χ1v) is 9.38. The highest BCUT2D eigenvalue weighted by Gasteiger charge is 2.36. The summed E-state index contributed by atoms with van der Waals surface area (Å²) in [6.45, 7) is 3.71. The molecule has 4 rings (SSSR count). The van der Waals surface area contributed by atoms with Gasteiger partial charge in [0.25, 0.3) is 5.91 Å². The molecule has 0 bridgehead atoms. The van der Waals surface area contributed by atoms with Crippen LogP contribution in [-0.2, 0) is 4.79 Å². The van der Waals surface area contributed by atoms with Crippen molar-refractivity contribution in [1.82, 2.24) is 14.8 Å². The Kier molecular flexibility index (Phi) is 4.50. The first kappa shape index (κ1) is 16.2. The molecule has 1 aromatic carbocycles. The number of anilines is 1. The van der Waals surface area contributed by atoms with Gasteiger partial charge < -0.3 is 9.80 Å².